The Morgan fingerprint density at radius 3 is 2.32 bits per heavy atom. The number of rotatable bonds is 5. The van der Waals surface area contributed by atoms with Crippen LogP contribution in [0, 0.1) is 13.8 Å². The molecule has 3 N–H and O–H groups in total. The molecule has 0 aliphatic heterocycles. The number of amides is 1. The van der Waals surface area contributed by atoms with E-state index in [1.165, 1.54) is 42.7 Å². The van der Waals surface area contributed by atoms with Crippen molar-refractivity contribution < 1.29 is 13.2 Å². The van der Waals surface area contributed by atoms with E-state index in [4.69, 9.17) is 0 Å². The normalized spacial score (nSPS) is 11.1. The first kappa shape index (κ1) is 19.4. The molecule has 3 rings (SSSR count). The van der Waals surface area contributed by atoms with E-state index in [-0.39, 0.29) is 21.6 Å². The lowest BCUT2D eigenvalue weighted by Gasteiger charge is -2.10. The van der Waals surface area contributed by atoms with Crippen molar-refractivity contribution in [3.63, 3.8) is 0 Å². The van der Waals surface area contributed by atoms with Gasteiger partial charge in [-0.15, -0.1) is 0 Å². The van der Waals surface area contributed by atoms with Crippen molar-refractivity contribution in [1.29, 1.82) is 0 Å². The molecule has 7 nitrogen and oxygen atoms in total. The van der Waals surface area contributed by atoms with Crippen molar-refractivity contribution in [3.8, 4) is 0 Å². The number of H-pyrrole nitrogens is 1. The Morgan fingerprint density at radius 1 is 0.964 bits per heavy atom. The molecule has 0 aliphatic rings. The molecule has 0 fully saturated rings. The first-order chi connectivity index (χ1) is 13.3. The Hall–Kier alpha value is -3.39. The zero-order valence-electron chi connectivity index (χ0n) is 15.3. The van der Waals surface area contributed by atoms with E-state index in [0.29, 0.717) is 5.69 Å². The van der Waals surface area contributed by atoms with E-state index in [1.807, 2.05) is 13.8 Å². The highest BCUT2D eigenvalue weighted by Gasteiger charge is 2.15. The van der Waals surface area contributed by atoms with Gasteiger partial charge >= 0.3 is 0 Å². The largest absolute Gasteiger partial charge is 0.366 e. The molecule has 0 radical (unpaired) electrons. The van der Waals surface area contributed by atoms with Crippen LogP contribution in [0.25, 0.3) is 0 Å². The summed E-state index contributed by atoms with van der Waals surface area (Å²) < 4.78 is 27.6. The van der Waals surface area contributed by atoms with Gasteiger partial charge in [0.1, 0.15) is 5.69 Å². The van der Waals surface area contributed by atoms with Crippen molar-refractivity contribution in [3.05, 3.63) is 87.8 Å². The fourth-order valence-corrected chi connectivity index (χ4v) is 3.64. The first-order valence-electron chi connectivity index (χ1n) is 8.45. The van der Waals surface area contributed by atoms with E-state index in [9.17, 15) is 18.0 Å². The van der Waals surface area contributed by atoms with Gasteiger partial charge in [-0.2, -0.15) is 0 Å². The van der Waals surface area contributed by atoms with E-state index < -0.39 is 15.9 Å². The molecule has 3 aromatic rings. The monoisotopic (exact) mass is 397 g/mol. The summed E-state index contributed by atoms with van der Waals surface area (Å²) in [6.45, 7) is 3.76. The van der Waals surface area contributed by atoms with E-state index in [0.717, 1.165) is 11.1 Å². The highest BCUT2D eigenvalue weighted by Crippen LogP contribution is 2.19. The molecule has 0 unspecified atom stereocenters. The SMILES string of the molecule is Cc1ccc(S(=O)(=O)Nc2ccc(C(=O)Nc3c[nH]ccc3=O)cc2)cc1C. The highest BCUT2D eigenvalue weighted by atomic mass is 32.2. The average molecular weight is 397 g/mol. The zero-order chi connectivity index (χ0) is 20.3. The Labute approximate surface area is 162 Å². The predicted octanol–water partition coefficient (Wildman–Crippen LogP) is 3.04. The molecule has 144 valence electrons. The minimum absolute atomic E-state index is 0.132. The molecule has 1 aromatic heterocycles. The fourth-order valence-electron chi connectivity index (χ4n) is 2.49. The number of carbonyl (C=O) groups is 1. The van der Waals surface area contributed by atoms with Crippen LogP contribution in [0.3, 0.4) is 0 Å². The first-order valence-corrected chi connectivity index (χ1v) is 9.93. The molecule has 0 saturated carbocycles. The Morgan fingerprint density at radius 2 is 1.68 bits per heavy atom. The lowest BCUT2D eigenvalue weighted by Crippen LogP contribution is -2.18. The predicted molar refractivity (Wildman–Crippen MR) is 108 cm³/mol. The van der Waals surface area contributed by atoms with Crippen molar-refractivity contribution in [1.82, 2.24) is 4.98 Å². The number of pyridine rings is 1. The lowest BCUT2D eigenvalue weighted by atomic mass is 10.1. The third-order valence-electron chi connectivity index (χ3n) is 4.26. The molecule has 8 heteroatoms. The number of sulfonamides is 1. The van der Waals surface area contributed by atoms with Gasteiger partial charge in [-0.1, -0.05) is 6.07 Å². The van der Waals surface area contributed by atoms with Gasteiger partial charge in [0.05, 0.1) is 4.90 Å². The molecule has 0 atom stereocenters. The number of aromatic amines is 1. The van der Waals surface area contributed by atoms with Crippen molar-refractivity contribution in [2.75, 3.05) is 10.0 Å². The molecule has 0 aliphatic carbocycles. The van der Waals surface area contributed by atoms with Crippen molar-refractivity contribution >= 4 is 27.3 Å². The van der Waals surface area contributed by atoms with Crippen LogP contribution in [0.15, 0.2) is 70.6 Å². The minimum Gasteiger partial charge on any atom is -0.366 e. The van der Waals surface area contributed by atoms with Crippen LogP contribution in [0.4, 0.5) is 11.4 Å². The summed E-state index contributed by atoms with van der Waals surface area (Å²) >= 11 is 0. The standard InChI is InChI=1S/C20H19N3O4S/c1-13-3-8-17(11-14(13)2)28(26,27)23-16-6-4-15(5-7-16)20(25)22-18-12-21-10-9-19(18)24/h3-12,23H,1-2H3,(H,21,24)(H,22,25). The van der Waals surface area contributed by atoms with Gasteiger partial charge in [0, 0.05) is 29.7 Å². The van der Waals surface area contributed by atoms with Gasteiger partial charge < -0.3 is 10.3 Å². The summed E-state index contributed by atoms with van der Waals surface area (Å²) in [5, 5.41) is 2.51. The topological polar surface area (TPSA) is 108 Å². The average Bonchev–Trinajstić information content (AvgIpc) is 2.66. The summed E-state index contributed by atoms with van der Waals surface area (Å²) in [6.07, 6.45) is 2.86. The maximum absolute atomic E-state index is 12.5. The number of nitrogens with one attached hydrogen (secondary N) is 3. The van der Waals surface area contributed by atoms with Crippen molar-refractivity contribution in [2.45, 2.75) is 18.7 Å². The smallest absolute Gasteiger partial charge is 0.261 e. The zero-order valence-corrected chi connectivity index (χ0v) is 16.1. The summed E-state index contributed by atoms with van der Waals surface area (Å²) in [4.78, 5) is 26.8. The fraction of sp³-hybridized carbons (Fsp3) is 0.100. The van der Waals surface area contributed by atoms with Gasteiger partial charge in [0.2, 0.25) is 5.43 Å². The summed E-state index contributed by atoms with van der Waals surface area (Å²) in [6, 6.07) is 12.1. The van der Waals surface area contributed by atoms with E-state index in [2.05, 4.69) is 15.0 Å². The maximum atomic E-state index is 12.5. The quantitative estimate of drug-likeness (QED) is 0.615. The van der Waals surface area contributed by atoms with Gasteiger partial charge in [0.15, 0.2) is 0 Å². The highest BCUT2D eigenvalue weighted by molar-refractivity contribution is 7.92. The van der Waals surface area contributed by atoms with Crippen LogP contribution in [0.1, 0.15) is 21.5 Å². The van der Waals surface area contributed by atoms with E-state index in [1.54, 1.807) is 18.2 Å². The lowest BCUT2D eigenvalue weighted by molar-refractivity contribution is 0.102. The van der Waals surface area contributed by atoms with Gasteiger partial charge in [-0.3, -0.25) is 14.3 Å². The number of benzene rings is 2. The number of hydrogen-bond acceptors (Lipinski definition) is 4. The molecule has 0 saturated heterocycles. The maximum Gasteiger partial charge on any atom is 0.261 e. The molecule has 1 heterocycles. The summed E-state index contributed by atoms with van der Waals surface area (Å²) in [5.41, 5.74) is 2.32. The van der Waals surface area contributed by atoms with E-state index >= 15 is 0 Å². The third kappa shape index (κ3) is 4.29. The molecular weight excluding hydrogens is 378 g/mol. The summed E-state index contributed by atoms with van der Waals surface area (Å²) in [7, 11) is -3.74. The number of carbonyl (C=O) groups excluding carboxylic acids is 1. The Balaban J connectivity index is 1.75. The van der Waals surface area contributed by atoms with Crippen molar-refractivity contribution in [2.24, 2.45) is 0 Å². The second kappa shape index (κ2) is 7.69. The Bertz CT molecular complexity index is 1180. The Kier molecular flexibility index (Phi) is 5.32. The van der Waals surface area contributed by atoms with Gasteiger partial charge in [0.25, 0.3) is 15.9 Å². The number of aryl methyl sites for hydroxylation is 2. The van der Waals surface area contributed by atoms with Crippen LogP contribution < -0.4 is 15.5 Å². The van der Waals surface area contributed by atoms with Crippen LogP contribution in [-0.2, 0) is 10.0 Å². The minimum atomic E-state index is -3.74. The molecule has 2 aromatic carbocycles. The molecule has 28 heavy (non-hydrogen) atoms. The van der Waals surface area contributed by atoms with Crippen LogP contribution in [0.2, 0.25) is 0 Å². The molecule has 0 spiro atoms. The molecular formula is C20H19N3O4S. The number of hydrogen-bond donors (Lipinski definition) is 3. The number of aromatic nitrogens is 1. The second-order valence-corrected chi connectivity index (χ2v) is 7.99. The third-order valence-corrected chi connectivity index (χ3v) is 5.64. The number of anilines is 2. The molecule has 1 amide bonds. The van der Waals surface area contributed by atoms with Gasteiger partial charge in [-0.05, 0) is 61.4 Å². The van der Waals surface area contributed by atoms with Crippen LogP contribution in [-0.4, -0.2) is 19.3 Å². The van der Waals surface area contributed by atoms with Crippen LogP contribution >= 0.6 is 0 Å². The second-order valence-electron chi connectivity index (χ2n) is 6.31. The summed E-state index contributed by atoms with van der Waals surface area (Å²) in [5.74, 6) is -0.472. The molecule has 0 bridgehead atoms. The van der Waals surface area contributed by atoms with Crippen LogP contribution in [0.5, 0.6) is 0 Å². The van der Waals surface area contributed by atoms with Gasteiger partial charge in [-0.25, -0.2) is 8.42 Å².